The predicted molar refractivity (Wildman–Crippen MR) is 66.4 cm³/mol. The van der Waals surface area contributed by atoms with Crippen molar-refractivity contribution in [2.24, 2.45) is 0 Å². The van der Waals surface area contributed by atoms with Crippen molar-refractivity contribution < 1.29 is 13.9 Å². The Morgan fingerprint density at radius 3 is 2.53 bits per heavy atom. The fourth-order valence-electron chi connectivity index (χ4n) is 1.35. The number of hydrogen-bond donors (Lipinski definition) is 0. The van der Waals surface area contributed by atoms with Crippen LogP contribution < -0.4 is 4.74 Å². The van der Waals surface area contributed by atoms with E-state index in [0.717, 1.165) is 12.8 Å². The summed E-state index contributed by atoms with van der Waals surface area (Å²) in [6.07, 6.45) is 4.84. The van der Waals surface area contributed by atoms with Crippen LogP contribution in [-0.2, 0) is 4.74 Å². The van der Waals surface area contributed by atoms with Gasteiger partial charge in [-0.1, -0.05) is 12.7 Å². The van der Waals surface area contributed by atoms with Crippen LogP contribution in [0.2, 0.25) is 0 Å². The van der Waals surface area contributed by atoms with Crippen LogP contribution in [0.15, 0.2) is 49.8 Å². The molecule has 0 spiro atoms. The molecule has 0 aliphatic rings. The molecule has 0 N–H and O–H groups in total. The van der Waals surface area contributed by atoms with Crippen LogP contribution in [0.5, 0.6) is 5.75 Å². The Hall–Kier alpha value is -1.77. The van der Waals surface area contributed by atoms with Gasteiger partial charge in [-0.3, -0.25) is 0 Å². The molecule has 0 saturated carbocycles. The van der Waals surface area contributed by atoms with Crippen molar-refractivity contribution >= 4 is 0 Å². The molecular formula is C14H17FO2. The average Bonchev–Trinajstić information content (AvgIpc) is 2.35. The molecule has 92 valence electrons. The molecule has 0 unspecified atom stereocenters. The van der Waals surface area contributed by atoms with E-state index in [4.69, 9.17) is 9.47 Å². The Labute approximate surface area is 101 Å². The molecule has 0 aliphatic heterocycles. The highest BCUT2D eigenvalue weighted by atomic mass is 19.1. The zero-order chi connectivity index (χ0) is 12.5. The molecule has 0 radical (unpaired) electrons. The third kappa shape index (κ3) is 5.20. The van der Waals surface area contributed by atoms with E-state index in [2.05, 4.69) is 13.2 Å². The van der Waals surface area contributed by atoms with Gasteiger partial charge in [-0.2, -0.15) is 0 Å². The van der Waals surface area contributed by atoms with E-state index in [-0.39, 0.29) is 11.9 Å². The Morgan fingerprint density at radius 1 is 1.24 bits per heavy atom. The first-order valence-electron chi connectivity index (χ1n) is 5.52. The molecule has 0 aromatic heterocycles. The maximum atomic E-state index is 12.7. The molecule has 1 aromatic carbocycles. The lowest BCUT2D eigenvalue weighted by Crippen LogP contribution is -2.19. The number of allylic oxidation sites excluding steroid dienone is 1. The summed E-state index contributed by atoms with van der Waals surface area (Å²) in [7, 11) is 0. The Balaban J connectivity index is 2.41. The van der Waals surface area contributed by atoms with E-state index < -0.39 is 0 Å². The van der Waals surface area contributed by atoms with Crippen LogP contribution >= 0.6 is 0 Å². The smallest absolute Gasteiger partial charge is 0.132 e. The molecule has 0 bridgehead atoms. The molecule has 0 amide bonds. The van der Waals surface area contributed by atoms with Crippen molar-refractivity contribution in [3.63, 3.8) is 0 Å². The first kappa shape index (κ1) is 13.3. The maximum Gasteiger partial charge on any atom is 0.132 e. The minimum Gasteiger partial charge on any atom is -0.495 e. The first-order valence-corrected chi connectivity index (χ1v) is 5.52. The van der Waals surface area contributed by atoms with E-state index >= 15 is 0 Å². The first-order chi connectivity index (χ1) is 8.26. The summed E-state index contributed by atoms with van der Waals surface area (Å²) in [5.41, 5.74) is 0. The maximum absolute atomic E-state index is 12.7. The van der Waals surface area contributed by atoms with Crippen molar-refractivity contribution in [2.75, 3.05) is 6.61 Å². The zero-order valence-corrected chi connectivity index (χ0v) is 9.77. The predicted octanol–water partition coefficient (Wildman–Crippen LogP) is 3.70. The van der Waals surface area contributed by atoms with Gasteiger partial charge in [-0.15, -0.1) is 6.58 Å². The van der Waals surface area contributed by atoms with Crippen molar-refractivity contribution in [1.82, 2.24) is 0 Å². The van der Waals surface area contributed by atoms with Gasteiger partial charge in [0.1, 0.15) is 24.3 Å². The fourth-order valence-corrected chi connectivity index (χ4v) is 1.35. The largest absolute Gasteiger partial charge is 0.495 e. The van der Waals surface area contributed by atoms with Gasteiger partial charge >= 0.3 is 0 Å². The van der Waals surface area contributed by atoms with Crippen molar-refractivity contribution in [3.05, 3.63) is 55.6 Å². The summed E-state index contributed by atoms with van der Waals surface area (Å²) < 4.78 is 23.5. The van der Waals surface area contributed by atoms with Gasteiger partial charge in [0.2, 0.25) is 0 Å². The number of hydrogen-bond acceptors (Lipinski definition) is 2. The van der Waals surface area contributed by atoms with Crippen LogP contribution in [0.25, 0.3) is 0 Å². The molecule has 0 aliphatic carbocycles. The standard InChI is InChI=1S/C14H17FO2/c1-3-5-6-14(16-4-2)11-17-13-9-7-12(15)8-10-13/h3-4,7-10,14H,1-2,5-6,11H2/t14-/m0/s1. The second-order valence-electron chi connectivity index (χ2n) is 3.56. The molecule has 1 atom stereocenters. The molecule has 1 aromatic rings. The number of halogens is 1. The molecule has 3 heteroatoms. The lowest BCUT2D eigenvalue weighted by Gasteiger charge is -2.16. The lowest BCUT2D eigenvalue weighted by molar-refractivity contribution is 0.0829. The third-order valence-electron chi connectivity index (χ3n) is 2.23. The molecule has 17 heavy (non-hydrogen) atoms. The zero-order valence-electron chi connectivity index (χ0n) is 9.77. The minimum atomic E-state index is -0.275. The Morgan fingerprint density at radius 2 is 1.94 bits per heavy atom. The fraction of sp³-hybridized carbons (Fsp3) is 0.286. The molecular weight excluding hydrogens is 219 g/mol. The van der Waals surface area contributed by atoms with Gasteiger partial charge in [0.15, 0.2) is 0 Å². The van der Waals surface area contributed by atoms with E-state index in [9.17, 15) is 4.39 Å². The molecule has 0 heterocycles. The summed E-state index contributed by atoms with van der Waals surface area (Å²) >= 11 is 0. The van der Waals surface area contributed by atoms with Gasteiger partial charge in [-0.25, -0.2) is 4.39 Å². The van der Waals surface area contributed by atoms with Gasteiger partial charge < -0.3 is 9.47 Å². The minimum absolute atomic E-state index is 0.0597. The van der Waals surface area contributed by atoms with Crippen molar-refractivity contribution in [2.45, 2.75) is 18.9 Å². The highest BCUT2D eigenvalue weighted by Gasteiger charge is 2.08. The van der Waals surface area contributed by atoms with E-state index in [1.54, 1.807) is 12.1 Å². The monoisotopic (exact) mass is 236 g/mol. The van der Waals surface area contributed by atoms with Crippen LogP contribution in [0, 0.1) is 5.82 Å². The van der Waals surface area contributed by atoms with Crippen LogP contribution in [0.3, 0.4) is 0 Å². The number of rotatable bonds is 8. The molecule has 0 saturated heterocycles. The van der Waals surface area contributed by atoms with Gasteiger partial charge in [0.05, 0.1) is 6.26 Å². The van der Waals surface area contributed by atoms with E-state index in [1.807, 2.05) is 6.08 Å². The molecule has 1 rings (SSSR count). The van der Waals surface area contributed by atoms with Gasteiger partial charge in [-0.05, 0) is 37.1 Å². The lowest BCUT2D eigenvalue weighted by atomic mass is 10.2. The van der Waals surface area contributed by atoms with Gasteiger partial charge in [0.25, 0.3) is 0 Å². The third-order valence-corrected chi connectivity index (χ3v) is 2.23. The quantitative estimate of drug-likeness (QED) is 0.506. The van der Waals surface area contributed by atoms with Gasteiger partial charge in [0, 0.05) is 0 Å². The second-order valence-corrected chi connectivity index (χ2v) is 3.56. The highest BCUT2D eigenvalue weighted by Crippen LogP contribution is 2.13. The summed E-state index contributed by atoms with van der Waals surface area (Å²) in [5.74, 6) is 0.352. The van der Waals surface area contributed by atoms with Crippen molar-refractivity contribution in [3.8, 4) is 5.75 Å². The van der Waals surface area contributed by atoms with Crippen molar-refractivity contribution in [1.29, 1.82) is 0 Å². The second kappa shape index (κ2) is 7.49. The Kier molecular flexibility index (Phi) is 5.86. The SMILES string of the molecule is C=CCC[C@@H](COc1ccc(F)cc1)OC=C. The van der Waals surface area contributed by atoms with Crippen LogP contribution in [0.1, 0.15) is 12.8 Å². The summed E-state index contributed by atoms with van der Waals surface area (Å²) in [6, 6.07) is 5.91. The highest BCUT2D eigenvalue weighted by molar-refractivity contribution is 5.22. The average molecular weight is 236 g/mol. The summed E-state index contributed by atoms with van der Waals surface area (Å²) in [6.45, 7) is 7.59. The summed E-state index contributed by atoms with van der Waals surface area (Å²) in [4.78, 5) is 0. The van der Waals surface area contributed by atoms with E-state index in [0.29, 0.717) is 12.4 Å². The number of benzene rings is 1. The summed E-state index contributed by atoms with van der Waals surface area (Å²) in [5, 5.41) is 0. The number of ether oxygens (including phenoxy) is 2. The Bertz CT molecular complexity index is 346. The van der Waals surface area contributed by atoms with E-state index in [1.165, 1.54) is 18.4 Å². The molecule has 0 fully saturated rings. The molecule has 2 nitrogen and oxygen atoms in total. The normalized spacial score (nSPS) is 11.6. The topological polar surface area (TPSA) is 18.5 Å². The van der Waals surface area contributed by atoms with Crippen LogP contribution in [0.4, 0.5) is 4.39 Å². The van der Waals surface area contributed by atoms with Crippen LogP contribution in [-0.4, -0.2) is 12.7 Å².